The van der Waals surface area contributed by atoms with Gasteiger partial charge in [-0.15, -0.1) is 0 Å². The van der Waals surface area contributed by atoms with Crippen molar-refractivity contribution in [2.45, 2.75) is 110 Å². The SMILES string of the molecule is CC(C)[CH2][Sn]([CH2]C(C)C)[CH2]C(C)C.CC(C)[CH2][Sn]([CH2]C(C)C)[CH2]C(C)C.O. The van der Waals surface area contributed by atoms with Crippen LogP contribution >= 0.6 is 0 Å². The van der Waals surface area contributed by atoms with E-state index in [1.165, 1.54) is 0 Å². The van der Waals surface area contributed by atoms with Crippen molar-refractivity contribution in [1.82, 2.24) is 0 Å². The molecule has 2 N–H and O–H groups in total. The minimum Gasteiger partial charge on any atom is -0.412 e. The smallest absolute Gasteiger partial charge is 0.412 e. The molecule has 3 heteroatoms. The van der Waals surface area contributed by atoms with E-state index in [2.05, 4.69) is 83.1 Å². The maximum absolute atomic E-state index is 2.39. The van der Waals surface area contributed by atoms with Gasteiger partial charge >= 0.3 is 185 Å². The molecule has 27 heavy (non-hydrogen) atoms. The summed E-state index contributed by atoms with van der Waals surface area (Å²) < 4.78 is 9.66. The van der Waals surface area contributed by atoms with Gasteiger partial charge in [-0.25, -0.2) is 0 Å². The van der Waals surface area contributed by atoms with E-state index in [9.17, 15) is 0 Å². The topological polar surface area (TPSA) is 31.5 Å². The van der Waals surface area contributed by atoms with Crippen LogP contribution in [0.5, 0.6) is 0 Å². The van der Waals surface area contributed by atoms with E-state index >= 15 is 0 Å². The Morgan fingerprint density at radius 2 is 0.444 bits per heavy atom. The normalized spacial score (nSPS) is 12.0. The molecule has 0 aliphatic carbocycles. The second-order valence-corrected chi connectivity index (χ2v) is 26.6. The molecule has 166 valence electrons. The Hall–Kier alpha value is 1.56. The summed E-state index contributed by atoms with van der Waals surface area (Å²) in [6.45, 7) is 28.7. The van der Waals surface area contributed by atoms with Gasteiger partial charge in [0, 0.05) is 0 Å². The van der Waals surface area contributed by atoms with Gasteiger partial charge in [0.1, 0.15) is 0 Å². The first-order chi connectivity index (χ1) is 11.8. The molecule has 1 nitrogen and oxygen atoms in total. The largest absolute Gasteiger partial charge is 0.412 e. The summed E-state index contributed by atoms with van der Waals surface area (Å²) in [5.74, 6) is 5.70. The molecular formula is C24H56OSn2. The molecule has 0 saturated carbocycles. The first-order valence-electron chi connectivity index (χ1n) is 11.5. The van der Waals surface area contributed by atoms with Crippen LogP contribution < -0.4 is 0 Å². The Labute approximate surface area is 189 Å². The summed E-state index contributed by atoms with van der Waals surface area (Å²) in [6, 6.07) is 0. The fourth-order valence-electron chi connectivity index (χ4n) is 3.96. The fourth-order valence-corrected chi connectivity index (χ4v) is 26.6. The van der Waals surface area contributed by atoms with Crippen LogP contribution in [0, 0.1) is 35.5 Å². The predicted molar refractivity (Wildman–Crippen MR) is 133 cm³/mol. The monoisotopic (exact) mass is 600 g/mol. The summed E-state index contributed by atoms with van der Waals surface area (Å²) in [6.07, 6.45) is 0. The second-order valence-electron chi connectivity index (χ2n) is 11.1. The Balaban J connectivity index is -0.000000411. The van der Waals surface area contributed by atoms with Gasteiger partial charge in [0.2, 0.25) is 0 Å². The van der Waals surface area contributed by atoms with Gasteiger partial charge in [0.15, 0.2) is 0 Å². The van der Waals surface area contributed by atoms with Crippen molar-refractivity contribution in [2.24, 2.45) is 35.5 Å². The molecule has 2 radical (unpaired) electrons. The van der Waals surface area contributed by atoms with Crippen molar-refractivity contribution in [3.05, 3.63) is 0 Å². The molecule has 0 bridgehead atoms. The van der Waals surface area contributed by atoms with Crippen LogP contribution in [-0.4, -0.2) is 45.0 Å². The minimum atomic E-state index is -0.976. The molecule has 0 unspecified atom stereocenters. The molecule has 0 amide bonds. The van der Waals surface area contributed by atoms with Gasteiger partial charge in [-0.3, -0.25) is 0 Å². The van der Waals surface area contributed by atoms with E-state index in [4.69, 9.17) is 0 Å². The van der Waals surface area contributed by atoms with Crippen LogP contribution in [0.3, 0.4) is 0 Å². The average Bonchev–Trinajstić information content (AvgIpc) is 2.33. The number of hydrogen-bond donors (Lipinski definition) is 0. The molecule has 0 heterocycles. The minimum absolute atomic E-state index is 0. The van der Waals surface area contributed by atoms with Crippen molar-refractivity contribution < 1.29 is 5.48 Å². The molecule has 0 atom stereocenters. The standard InChI is InChI=1S/6C4H9.H2O.2Sn/c6*1-4(2)3;;;/h6*4H,1H2,2-3H3;1H2;;. The molecule has 0 aliphatic heterocycles. The molecule has 0 aliphatic rings. The van der Waals surface area contributed by atoms with Gasteiger partial charge in [0.05, 0.1) is 0 Å². The molecule has 0 aromatic rings. The van der Waals surface area contributed by atoms with Crippen LogP contribution in [-0.2, 0) is 0 Å². The van der Waals surface area contributed by atoms with Crippen molar-refractivity contribution in [1.29, 1.82) is 0 Å². The summed E-state index contributed by atoms with van der Waals surface area (Å²) in [5, 5.41) is 0. The third-order valence-corrected chi connectivity index (χ3v) is 28.1. The summed E-state index contributed by atoms with van der Waals surface area (Å²) in [4.78, 5) is 0. The Bertz CT molecular complexity index is 221. The van der Waals surface area contributed by atoms with Gasteiger partial charge in [-0.2, -0.15) is 0 Å². The Morgan fingerprint density at radius 3 is 0.519 bits per heavy atom. The molecule has 0 spiro atoms. The molecular weight excluding hydrogens is 542 g/mol. The molecule has 0 saturated heterocycles. The van der Waals surface area contributed by atoms with Crippen LogP contribution in [0.15, 0.2) is 0 Å². The average molecular weight is 598 g/mol. The fraction of sp³-hybridized carbons (Fsp3) is 1.00. The van der Waals surface area contributed by atoms with Crippen LogP contribution in [0.1, 0.15) is 83.1 Å². The van der Waals surface area contributed by atoms with E-state index in [-0.39, 0.29) is 5.48 Å². The Kier molecular flexibility index (Phi) is 24.0. The van der Waals surface area contributed by atoms with Crippen molar-refractivity contribution in [2.75, 3.05) is 0 Å². The van der Waals surface area contributed by atoms with Crippen molar-refractivity contribution in [3.8, 4) is 0 Å². The quantitative estimate of drug-likeness (QED) is 0.204. The van der Waals surface area contributed by atoms with Crippen molar-refractivity contribution in [3.63, 3.8) is 0 Å². The van der Waals surface area contributed by atoms with Gasteiger partial charge in [-0.05, 0) is 0 Å². The second kappa shape index (κ2) is 19.5. The first kappa shape index (κ1) is 33.2. The first-order valence-corrected chi connectivity index (χ1v) is 23.6. The van der Waals surface area contributed by atoms with E-state index in [0.717, 1.165) is 35.5 Å². The maximum atomic E-state index is 2.39. The third kappa shape index (κ3) is 27.6. The molecule has 0 aromatic carbocycles. The summed E-state index contributed by atoms with van der Waals surface area (Å²) >= 11 is -1.95. The van der Waals surface area contributed by atoms with Gasteiger partial charge in [-0.1, -0.05) is 0 Å². The van der Waals surface area contributed by atoms with Gasteiger partial charge < -0.3 is 5.48 Å². The zero-order valence-corrected chi connectivity index (χ0v) is 26.9. The zero-order chi connectivity index (χ0) is 20.9. The summed E-state index contributed by atoms with van der Waals surface area (Å²) in [5.41, 5.74) is 0. The van der Waals surface area contributed by atoms with E-state index in [1.807, 2.05) is 0 Å². The summed E-state index contributed by atoms with van der Waals surface area (Å²) in [7, 11) is 0. The van der Waals surface area contributed by atoms with E-state index in [1.54, 1.807) is 26.6 Å². The molecule has 0 rings (SSSR count). The zero-order valence-electron chi connectivity index (χ0n) is 21.2. The maximum Gasteiger partial charge on any atom is -0.412 e. The number of hydrogen-bond acceptors (Lipinski definition) is 0. The Morgan fingerprint density at radius 1 is 0.333 bits per heavy atom. The van der Waals surface area contributed by atoms with E-state index in [0.29, 0.717) is 0 Å². The molecule has 0 fully saturated rings. The number of rotatable bonds is 12. The van der Waals surface area contributed by atoms with Gasteiger partial charge in [0.25, 0.3) is 0 Å². The van der Waals surface area contributed by atoms with E-state index < -0.39 is 39.5 Å². The predicted octanol–water partition coefficient (Wildman–Crippen LogP) is 8.07. The van der Waals surface area contributed by atoms with Crippen LogP contribution in [0.2, 0.25) is 26.6 Å². The molecule has 0 aromatic heterocycles. The van der Waals surface area contributed by atoms with Crippen LogP contribution in [0.4, 0.5) is 0 Å². The van der Waals surface area contributed by atoms with Crippen LogP contribution in [0.25, 0.3) is 0 Å². The van der Waals surface area contributed by atoms with Crippen molar-refractivity contribution >= 4 is 39.5 Å². The third-order valence-electron chi connectivity index (χ3n) is 4.18.